The van der Waals surface area contributed by atoms with Crippen molar-refractivity contribution >= 4 is 0 Å². The normalized spacial score (nSPS) is 10.5. The van der Waals surface area contributed by atoms with E-state index in [1.54, 1.807) is 20.4 Å². The number of hydrogen-bond acceptors (Lipinski definition) is 4. The van der Waals surface area contributed by atoms with Crippen molar-refractivity contribution in [2.75, 3.05) is 27.4 Å². The van der Waals surface area contributed by atoms with Crippen LogP contribution in [0.1, 0.15) is 5.56 Å². The number of benzene rings is 1. The summed E-state index contributed by atoms with van der Waals surface area (Å²) < 4.78 is 15.9. The summed E-state index contributed by atoms with van der Waals surface area (Å²) in [6.07, 6.45) is 1.79. The zero-order chi connectivity index (χ0) is 14.2. The Kier molecular flexibility index (Phi) is 5.53. The van der Waals surface area contributed by atoms with E-state index in [0.717, 1.165) is 22.6 Å². The summed E-state index contributed by atoms with van der Waals surface area (Å²) in [5.41, 5.74) is 3.04. The molecule has 20 heavy (non-hydrogen) atoms. The van der Waals surface area contributed by atoms with Crippen LogP contribution < -0.4 is 4.74 Å². The SMILES string of the molecule is COCCOCc1cc(OC)ccc1-c1ccccn1. The van der Waals surface area contributed by atoms with Crippen molar-refractivity contribution in [1.29, 1.82) is 0 Å². The van der Waals surface area contributed by atoms with Crippen LogP contribution in [-0.2, 0) is 16.1 Å². The first-order valence-electron chi connectivity index (χ1n) is 6.50. The lowest BCUT2D eigenvalue weighted by atomic mass is 10.0. The molecule has 0 aliphatic rings. The van der Waals surface area contributed by atoms with Gasteiger partial charge in [-0.2, -0.15) is 0 Å². The summed E-state index contributed by atoms with van der Waals surface area (Å²) in [5, 5.41) is 0. The first-order chi connectivity index (χ1) is 9.85. The van der Waals surface area contributed by atoms with Gasteiger partial charge in [0.2, 0.25) is 0 Å². The quantitative estimate of drug-likeness (QED) is 0.727. The first-order valence-corrected chi connectivity index (χ1v) is 6.50. The van der Waals surface area contributed by atoms with Crippen LogP contribution in [0.25, 0.3) is 11.3 Å². The zero-order valence-corrected chi connectivity index (χ0v) is 11.8. The second-order valence-electron chi connectivity index (χ2n) is 4.28. The van der Waals surface area contributed by atoms with Crippen LogP contribution in [-0.4, -0.2) is 32.4 Å². The van der Waals surface area contributed by atoms with Crippen LogP contribution >= 0.6 is 0 Å². The minimum Gasteiger partial charge on any atom is -0.497 e. The molecular weight excluding hydrogens is 254 g/mol. The average Bonchev–Trinajstić information content (AvgIpc) is 2.52. The van der Waals surface area contributed by atoms with Crippen LogP contribution in [0.4, 0.5) is 0 Å². The Morgan fingerprint density at radius 2 is 1.95 bits per heavy atom. The molecule has 2 rings (SSSR count). The molecule has 0 bridgehead atoms. The molecule has 4 nitrogen and oxygen atoms in total. The Morgan fingerprint density at radius 3 is 2.65 bits per heavy atom. The lowest BCUT2D eigenvalue weighted by Crippen LogP contribution is -2.03. The Balaban J connectivity index is 2.21. The van der Waals surface area contributed by atoms with E-state index in [4.69, 9.17) is 14.2 Å². The predicted molar refractivity (Wildman–Crippen MR) is 77.8 cm³/mol. The maximum atomic E-state index is 5.61. The van der Waals surface area contributed by atoms with Crippen LogP contribution in [0.3, 0.4) is 0 Å². The minimum atomic E-state index is 0.506. The van der Waals surface area contributed by atoms with Gasteiger partial charge in [0.05, 0.1) is 32.6 Å². The average molecular weight is 273 g/mol. The van der Waals surface area contributed by atoms with Crippen molar-refractivity contribution in [2.45, 2.75) is 6.61 Å². The van der Waals surface area contributed by atoms with E-state index in [-0.39, 0.29) is 0 Å². The van der Waals surface area contributed by atoms with E-state index in [1.165, 1.54) is 0 Å². The molecule has 0 saturated carbocycles. The second-order valence-corrected chi connectivity index (χ2v) is 4.28. The molecule has 1 aromatic carbocycles. The fourth-order valence-electron chi connectivity index (χ4n) is 1.91. The molecule has 0 spiro atoms. The second kappa shape index (κ2) is 7.62. The van der Waals surface area contributed by atoms with Crippen molar-refractivity contribution in [3.63, 3.8) is 0 Å². The smallest absolute Gasteiger partial charge is 0.119 e. The van der Waals surface area contributed by atoms with Gasteiger partial charge in [0.25, 0.3) is 0 Å². The minimum absolute atomic E-state index is 0.506. The summed E-state index contributed by atoms with van der Waals surface area (Å²) >= 11 is 0. The highest BCUT2D eigenvalue weighted by Crippen LogP contribution is 2.26. The summed E-state index contributed by atoms with van der Waals surface area (Å²) in [7, 11) is 3.32. The van der Waals surface area contributed by atoms with Crippen LogP contribution in [0.15, 0.2) is 42.6 Å². The molecule has 0 radical (unpaired) electrons. The van der Waals surface area contributed by atoms with E-state index in [1.807, 2.05) is 36.4 Å². The molecule has 106 valence electrons. The molecule has 1 heterocycles. The van der Waals surface area contributed by atoms with Gasteiger partial charge in [-0.25, -0.2) is 0 Å². The molecule has 0 fully saturated rings. The van der Waals surface area contributed by atoms with Crippen molar-refractivity contribution in [3.8, 4) is 17.0 Å². The molecule has 0 unspecified atom stereocenters. The largest absolute Gasteiger partial charge is 0.497 e. The fraction of sp³-hybridized carbons (Fsp3) is 0.312. The molecule has 2 aromatic rings. The van der Waals surface area contributed by atoms with Crippen molar-refractivity contribution in [2.24, 2.45) is 0 Å². The van der Waals surface area contributed by atoms with Gasteiger partial charge in [0.15, 0.2) is 0 Å². The summed E-state index contributed by atoms with van der Waals surface area (Å²) in [5.74, 6) is 0.815. The van der Waals surface area contributed by atoms with Gasteiger partial charge in [0.1, 0.15) is 5.75 Å². The Bertz CT molecular complexity index is 529. The topological polar surface area (TPSA) is 40.6 Å². The van der Waals surface area contributed by atoms with Gasteiger partial charge in [0, 0.05) is 18.9 Å². The molecule has 4 heteroatoms. The summed E-state index contributed by atoms with van der Waals surface area (Å²) in [6.45, 7) is 1.66. The maximum Gasteiger partial charge on any atom is 0.119 e. The van der Waals surface area contributed by atoms with E-state index >= 15 is 0 Å². The first kappa shape index (κ1) is 14.5. The predicted octanol–water partition coefficient (Wildman–Crippen LogP) is 2.92. The maximum absolute atomic E-state index is 5.61. The zero-order valence-electron chi connectivity index (χ0n) is 11.8. The van der Waals surface area contributed by atoms with Gasteiger partial charge >= 0.3 is 0 Å². The summed E-state index contributed by atoms with van der Waals surface area (Å²) in [4.78, 5) is 4.39. The highest BCUT2D eigenvalue weighted by atomic mass is 16.5. The standard InChI is InChI=1S/C16H19NO3/c1-18-9-10-20-12-13-11-14(19-2)6-7-15(13)16-5-3-4-8-17-16/h3-8,11H,9-10,12H2,1-2H3. The number of rotatable bonds is 7. The highest BCUT2D eigenvalue weighted by molar-refractivity contribution is 5.64. The molecule has 0 saturated heterocycles. The Labute approximate surface area is 119 Å². The van der Waals surface area contributed by atoms with Crippen molar-refractivity contribution in [3.05, 3.63) is 48.2 Å². The summed E-state index contributed by atoms with van der Waals surface area (Å²) in [6, 6.07) is 11.8. The van der Waals surface area contributed by atoms with Crippen LogP contribution in [0.2, 0.25) is 0 Å². The van der Waals surface area contributed by atoms with E-state index < -0.39 is 0 Å². The Hall–Kier alpha value is -1.91. The van der Waals surface area contributed by atoms with Gasteiger partial charge < -0.3 is 14.2 Å². The highest BCUT2D eigenvalue weighted by Gasteiger charge is 2.08. The Morgan fingerprint density at radius 1 is 1.05 bits per heavy atom. The molecular formula is C16H19NO3. The number of hydrogen-bond donors (Lipinski definition) is 0. The third kappa shape index (κ3) is 3.79. The molecule has 0 aliphatic heterocycles. The molecule has 1 aromatic heterocycles. The molecule has 0 atom stereocenters. The third-order valence-corrected chi connectivity index (χ3v) is 2.94. The lowest BCUT2D eigenvalue weighted by Gasteiger charge is -2.11. The van der Waals surface area contributed by atoms with Gasteiger partial charge in [-0.15, -0.1) is 0 Å². The van der Waals surface area contributed by atoms with E-state index in [0.29, 0.717) is 19.8 Å². The monoisotopic (exact) mass is 273 g/mol. The van der Waals surface area contributed by atoms with Crippen molar-refractivity contribution in [1.82, 2.24) is 4.98 Å². The van der Waals surface area contributed by atoms with E-state index in [9.17, 15) is 0 Å². The number of aromatic nitrogens is 1. The lowest BCUT2D eigenvalue weighted by molar-refractivity contribution is 0.0618. The number of pyridine rings is 1. The van der Waals surface area contributed by atoms with E-state index in [2.05, 4.69) is 4.98 Å². The third-order valence-electron chi connectivity index (χ3n) is 2.94. The van der Waals surface area contributed by atoms with Crippen molar-refractivity contribution < 1.29 is 14.2 Å². The van der Waals surface area contributed by atoms with Gasteiger partial charge in [-0.1, -0.05) is 6.07 Å². The fourth-order valence-corrected chi connectivity index (χ4v) is 1.91. The van der Waals surface area contributed by atoms with Gasteiger partial charge in [-0.3, -0.25) is 4.98 Å². The molecule has 0 aliphatic carbocycles. The van der Waals surface area contributed by atoms with Crippen LogP contribution in [0, 0.1) is 0 Å². The number of ether oxygens (including phenoxy) is 3. The van der Waals surface area contributed by atoms with Crippen LogP contribution in [0.5, 0.6) is 5.75 Å². The van der Waals surface area contributed by atoms with Gasteiger partial charge in [-0.05, 0) is 35.9 Å². The molecule has 0 N–H and O–H groups in total. The molecule has 0 amide bonds. The number of methoxy groups -OCH3 is 2. The number of nitrogens with zero attached hydrogens (tertiary/aromatic N) is 1.